The number of nitrogens with one attached hydrogen (secondary N) is 1. The molecule has 2 bridgehead atoms. The molecule has 0 saturated carbocycles. The minimum atomic E-state index is 0.202. The number of hydrogen-bond donors (Lipinski definition) is 3. The molecule has 0 spiro atoms. The minimum Gasteiger partial charge on any atom is -0.507 e. The molecule has 2 aliphatic rings. The summed E-state index contributed by atoms with van der Waals surface area (Å²) >= 11 is 0. The molecule has 8 nitrogen and oxygen atoms in total. The number of likely N-dealkylation sites (N-methyl/N-ethyl adjacent to an activating group) is 2. The number of nitrogens with two attached hydrogens (primary N) is 1. The van der Waals surface area contributed by atoms with Crippen molar-refractivity contribution in [2.24, 2.45) is 0 Å². The highest BCUT2D eigenvalue weighted by atomic mass is 16.3. The minimum absolute atomic E-state index is 0.202. The van der Waals surface area contributed by atoms with E-state index in [9.17, 15) is 5.11 Å². The van der Waals surface area contributed by atoms with Crippen LogP contribution in [-0.4, -0.2) is 90.0 Å². The number of fused-ring (bicyclic) bond motifs is 2. The number of phenolic OH excluding ortho intramolecular Hbond substituents is 1. The molecule has 31 heavy (non-hydrogen) atoms. The number of phenols is 1. The first-order valence-electron chi connectivity index (χ1n) is 11.3. The number of para-hydroxylation sites is 1. The molecule has 2 aliphatic heterocycles. The van der Waals surface area contributed by atoms with Crippen molar-refractivity contribution in [3.05, 3.63) is 30.3 Å². The molecule has 2 fully saturated rings. The maximum atomic E-state index is 10.2. The fourth-order valence-electron chi connectivity index (χ4n) is 5.05. The first kappa shape index (κ1) is 21.8. The van der Waals surface area contributed by atoms with Gasteiger partial charge in [0.2, 0.25) is 0 Å². The van der Waals surface area contributed by atoms with E-state index < -0.39 is 0 Å². The van der Waals surface area contributed by atoms with Crippen LogP contribution < -0.4 is 16.0 Å². The van der Waals surface area contributed by atoms with Crippen LogP contribution in [0, 0.1) is 0 Å². The van der Waals surface area contributed by atoms with E-state index in [1.165, 1.54) is 12.8 Å². The monoisotopic (exact) mass is 425 g/mol. The molecule has 3 atom stereocenters. The van der Waals surface area contributed by atoms with Gasteiger partial charge >= 0.3 is 0 Å². The number of rotatable bonds is 8. The van der Waals surface area contributed by atoms with Crippen molar-refractivity contribution in [1.82, 2.24) is 25.3 Å². The van der Waals surface area contributed by atoms with E-state index in [1.54, 1.807) is 12.1 Å². The highest BCUT2D eigenvalue weighted by Gasteiger charge is 2.41. The Kier molecular flexibility index (Phi) is 6.60. The van der Waals surface area contributed by atoms with Gasteiger partial charge in [0.25, 0.3) is 0 Å². The van der Waals surface area contributed by atoms with Gasteiger partial charge in [0.05, 0.1) is 11.4 Å². The standard InChI is InChI=1S/C23H35N7O/c1-4-28(3)18(12-25-2)15-30-16-9-10-17(30)14-29(13-16)21-11-20(26-27-23(21)24)19-7-5-6-8-22(19)31/h5-8,11,16-18,25,31H,4,9-10,12-15H2,1-3H3,(H2,24,27). The molecule has 0 aliphatic carbocycles. The third-order valence-electron chi connectivity index (χ3n) is 6.94. The molecule has 0 radical (unpaired) electrons. The number of hydrogen-bond acceptors (Lipinski definition) is 8. The van der Waals surface area contributed by atoms with Crippen molar-refractivity contribution in [3.63, 3.8) is 0 Å². The van der Waals surface area contributed by atoms with E-state index in [4.69, 9.17) is 5.73 Å². The zero-order chi connectivity index (χ0) is 22.0. The number of nitrogens with zero attached hydrogens (tertiary/aromatic N) is 5. The maximum Gasteiger partial charge on any atom is 0.169 e. The van der Waals surface area contributed by atoms with E-state index in [-0.39, 0.29) is 5.75 Å². The number of piperazine rings is 1. The summed E-state index contributed by atoms with van der Waals surface area (Å²) in [6.07, 6.45) is 2.43. The zero-order valence-corrected chi connectivity index (χ0v) is 18.8. The van der Waals surface area contributed by atoms with Crippen LogP contribution in [0.4, 0.5) is 11.5 Å². The van der Waals surface area contributed by atoms with Crippen molar-refractivity contribution >= 4 is 11.5 Å². The summed E-state index contributed by atoms with van der Waals surface area (Å²) in [6.45, 7) is 7.23. The summed E-state index contributed by atoms with van der Waals surface area (Å²) in [4.78, 5) is 7.51. The van der Waals surface area contributed by atoms with E-state index in [2.05, 4.69) is 44.2 Å². The number of nitrogen functional groups attached to an aromatic ring is 1. The summed E-state index contributed by atoms with van der Waals surface area (Å²) in [5.74, 6) is 0.652. The second kappa shape index (κ2) is 9.38. The average molecular weight is 426 g/mol. The van der Waals surface area contributed by atoms with E-state index >= 15 is 0 Å². The summed E-state index contributed by atoms with van der Waals surface area (Å²) < 4.78 is 0. The predicted octanol–water partition coefficient (Wildman–Crippen LogP) is 1.62. The van der Waals surface area contributed by atoms with Crippen molar-refractivity contribution in [3.8, 4) is 17.0 Å². The van der Waals surface area contributed by atoms with Crippen LogP contribution in [0.1, 0.15) is 19.8 Å². The topological polar surface area (TPSA) is 93.8 Å². The molecule has 2 aromatic rings. The molecule has 1 aromatic carbocycles. The summed E-state index contributed by atoms with van der Waals surface area (Å²) in [5.41, 5.74) is 8.50. The summed E-state index contributed by atoms with van der Waals surface area (Å²) in [6, 6.07) is 10.7. The second-order valence-electron chi connectivity index (χ2n) is 8.79. The van der Waals surface area contributed by atoms with E-state index in [0.717, 1.165) is 38.4 Å². The van der Waals surface area contributed by atoms with Crippen LogP contribution in [-0.2, 0) is 0 Å². The van der Waals surface area contributed by atoms with Gasteiger partial charge < -0.3 is 26.0 Å². The predicted molar refractivity (Wildman–Crippen MR) is 125 cm³/mol. The number of anilines is 2. The van der Waals surface area contributed by atoms with Crippen LogP contribution in [0.2, 0.25) is 0 Å². The Morgan fingerprint density at radius 2 is 1.94 bits per heavy atom. The first-order chi connectivity index (χ1) is 15.0. The summed E-state index contributed by atoms with van der Waals surface area (Å²) in [5, 5.41) is 22.0. The zero-order valence-electron chi connectivity index (χ0n) is 18.8. The molecular formula is C23H35N7O. The number of benzene rings is 1. The van der Waals surface area contributed by atoms with Gasteiger partial charge in [-0.3, -0.25) is 4.90 Å². The second-order valence-corrected chi connectivity index (χ2v) is 8.79. The van der Waals surface area contributed by atoms with Crippen LogP contribution in [0.5, 0.6) is 5.75 Å². The molecule has 1 aromatic heterocycles. The molecule has 168 valence electrons. The molecule has 3 unspecified atom stereocenters. The molecule has 4 N–H and O–H groups in total. The Labute approximate surface area is 185 Å². The number of aromatic nitrogens is 2. The molecule has 8 heteroatoms. The molecule has 2 saturated heterocycles. The van der Waals surface area contributed by atoms with Crippen molar-refractivity contribution in [2.45, 2.75) is 37.9 Å². The Hall–Kier alpha value is -2.42. The van der Waals surface area contributed by atoms with Gasteiger partial charge in [-0.1, -0.05) is 19.1 Å². The Balaban J connectivity index is 1.53. The van der Waals surface area contributed by atoms with Crippen molar-refractivity contribution in [2.75, 3.05) is 57.5 Å². The van der Waals surface area contributed by atoms with Gasteiger partial charge in [0, 0.05) is 49.9 Å². The van der Waals surface area contributed by atoms with Crippen LogP contribution >= 0.6 is 0 Å². The fraction of sp³-hybridized carbons (Fsp3) is 0.565. The lowest BCUT2D eigenvalue weighted by atomic mass is 10.1. The largest absolute Gasteiger partial charge is 0.507 e. The smallest absolute Gasteiger partial charge is 0.169 e. The molecule has 0 amide bonds. The Bertz CT molecular complexity index is 878. The lowest BCUT2D eigenvalue weighted by molar-refractivity contribution is 0.112. The van der Waals surface area contributed by atoms with E-state index in [1.807, 2.05) is 25.2 Å². The third kappa shape index (κ3) is 4.46. The van der Waals surface area contributed by atoms with Crippen LogP contribution in [0.15, 0.2) is 30.3 Å². The van der Waals surface area contributed by atoms with Gasteiger partial charge in [-0.25, -0.2) is 0 Å². The Morgan fingerprint density at radius 3 is 2.58 bits per heavy atom. The van der Waals surface area contributed by atoms with Crippen molar-refractivity contribution < 1.29 is 5.11 Å². The first-order valence-corrected chi connectivity index (χ1v) is 11.3. The highest BCUT2D eigenvalue weighted by molar-refractivity contribution is 5.74. The highest BCUT2D eigenvalue weighted by Crippen LogP contribution is 2.36. The van der Waals surface area contributed by atoms with Gasteiger partial charge in [-0.2, -0.15) is 0 Å². The third-order valence-corrected chi connectivity index (χ3v) is 6.94. The van der Waals surface area contributed by atoms with E-state index in [0.29, 0.717) is 35.2 Å². The molecule has 3 heterocycles. The lowest BCUT2D eigenvalue weighted by Gasteiger charge is -2.44. The average Bonchev–Trinajstić information content (AvgIpc) is 3.00. The summed E-state index contributed by atoms with van der Waals surface area (Å²) in [7, 11) is 4.24. The maximum absolute atomic E-state index is 10.2. The SMILES string of the molecule is CCN(C)C(CNC)CN1C2CCC1CN(c1cc(-c3ccccc3O)nnc1N)C2. The van der Waals surface area contributed by atoms with Crippen molar-refractivity contribution in [1.29, 1.82) is 0 Å². The molecule has 4 rings (SSSR count). The quantitative estimate of drug-likeness (QED) is 0.588. The lowest BCUT2D eigenvalue weighted by Crippen LogP contribution is -2.58. The fourth-order valence-corrected chi connectivity index (χ4v) is 5.05. The number of aromatic hydroxyl groups is 1. The van der Waals surface area contributed by atoms with Gasteiger partial charge in [0.1, 0.15) is 5.75 Å². The van der Waals surface area contributed by atoms with Gasteiger partial charge in [0.15, 0.2) is 5.82 Å². The molecular weight excluding hydrogens is 390 g/mol. The Morgan fingerprint density at radius 1 is 1.23 bits per heavy atom. The van der Waals surface area contributed by atoms with Gasteiger partial charge in [-0.15, -0.1) is 10.2 Å². The van der Waals surface area contributed by atoms with Gasteiger partial charge in [-0.05, 0) is 51.7 Å². The van der Waals surface area contributed by atoms with Crippen LogP contribution in [0.25, 0.3) is 11.3 Å². The van der Waals surface area contributed by atoms with Crippen LogP contribution in [0.3, 0.4) is 0 Å². The normalized spacial score (nSPS) is 22.3.